The SMILES string of the molecule is C/C=N/O/C=C/C(=N)/C=C/NCc1cncc(F)c1. The zero-order chi connectivity index (χ0) is 13.9. The van der Waals surface area contributed by atoms with E-state index in [1.54, 1.807) is 25.4 Å². The largest absolute Gasteiger partial charge is 0.387 e. The van der Waals surface area contributed by atoms with Gasteiger partial charge in [-0.3, -0.25) is 4.98 Å². The van der Waals surface area contributed by atoms with E-state index in [2.05, 4.69) is 20.3 Å². The van der Waals surface area contributed by atoms with Crippen LogP contribution in [0.5, 0.6) is 0 Å². The first-order valence-corrected chi connectivity index (χ1v) is 5.60. The van der Waals surface area contributed by atoms with Crippen molar-refractivity contribution in [2.45, 2.75) is 13.5 Å². The van der Waals surface area contributed by atoms with E-state index in [4.69, 9.17) is 5.41 Å². The van der Waals surface area contributed by atoms with Crippen LogP contribution in [-0.4, -0.2) is 16.9 Å². The zero-order valence-electron chi connectivity index (χ0n) is 10.5. The standard InChI is InChI=1S/C13H15FN4O/c1-2-18-19-6-4-13(15)3-5-16-8-11-7-12(14)10-17-9-11/h2-7,9-10,15-16H,8H2,1H3/b5-3+,6-4+,15-13?,18-2+. The summed E-state index contributed by atoms with van der Waals surface area (Å²) in [4.78, 5) is 8.42. The Morgan fingerprint density at radius 3 is 3.11 bits per heavy atom. The Balaban J connectivity index is 2.30. The summed E-state index contributed by atoms with van der Waals surface area (Å²) >= 11 is 0. The Hall–Kier alpha value is -2.50. The molecular formula is C13H15FN4O. The third-order valence-corrected chi connectivity index (χ3v) is 1.92. The molecule has 1 rings (SSSR count). The molecule has 0 atom stereocenters. The summed E-state index contributed by atoms with van der Waals surface area (Å²) in [5.74, 6) is -0.368. The molecule has 0 spiro atoms. The van der Waals surface area contributed by atoms with Crippen molar-refractivity contribution in [2.24, 2.45) is 5.16 Å². The predicted octanol–water partition coefficient (Wildman–Crippen LogP) is 2.38. The summed E-state index contributed by atoms with van der Waals surface area (Å²) in [6, 6.07) is 1.40. The van der Waals surface area contributed by atoms with Crippen molar-refractivity contribution in [2.75, 3.05) is 0 Å². The van der Waals surface area contributed by atoms with E-state index in [0.29, 0.717) is 6.54 Å². The third-order valence-electron chi connectivity index (χ3n) is 1.92. The van der Waals surface area contributed by atoms with E-state index in [9.17, 15) is 4.39 Å². The topological polar surface area (TPSA) is 70.4 Å². The smallest absolute Gasteiger partial charge is 0.141 e. The fourth-order valence-electron chi connectivity index (χ4n) is 1.13. The van der Waals surface area contributed by atoms with Crippen LogP contribution < -0.4 is 5.32 Å². The molecule has 0 bridgehead atoms. The minimum Gasteiger partial charge on any atom is -0.387 e. The van der Waals surface area contributed by atoms with Crippen molar-refractivity contribution in [1.82, 2.24) is 10.3 Å². The molecule has 0 aliphatic rings. The molecule has 100 valence electrons. The number of hydrogen-bond acceptors (Lipinski definition) is 5. The van der Waals surface area contributed by atoms with E-state index in [1.165, 1.54) is 24.6 Å². The summed E-state index contributed by atoms with van der Waals surface area (Å²) in [5, 5.41) is 13.9. The third kappa shape index (κ3) is 6.72. The number of nitrogens with one attached hydrogen (secondary N) is 2. The molecule has 0 unspecified atom stereocenters. The lowest BCUT2D eigenvalue weighted by Gasteiger charge is -2.00. The summed E-state index contributed by atoms with van der Waals surface area (Å²) in [7, 11) is 0. The second-order valence-corrected chi connectivity index (χ2v) is 3.45. The molecule has 0 saturated heterocycles. The van der Waals surface area contributed by atoms with E-state index in [-0.39, 0.29) is 11.5 Å². The first-order valence-electron chi connectivity index (χ1n) is 5.60. The molecule has 0 fully saturated rings. The molecule has 0 saturated carbocycles. The van der Waals surface area contributed by atoms with Crippen LogP contribution in [0.1, 0.15) is 12.5 Å². The molecule has 0 amide bonds. The van der Waals surface area contributed by atoms with Crippen LogP contribution in [0.2, 0.25) is 0 Å². The fourth-order valence-corrected chi connectivity index (χ4v) is 1.13. The molecule has 0 aliphatic carbocycles. The van der Waals surface area contributed by atoms with Crippen molar-refractivity contribution in [1.29, 1.82) is 5.41 Å². The number of halogens is 1. The highest BCUT2D eigenvalue weighted by molar-refractivity contribution is 6.01. The molecule has 19 heavy (non-hydrogen) atoms. The van der Waals surface area contributed by atoms with Crippen molar-refractivity contribution in [3.63, 3.8) is 0 Å². The van der Waals surface area contributed by atoms with Gasteiger partial charge in [0, 0.05) is 25.0 Å². The van der Waals surface area contributed by atoms with Crippen LogP contribution in [0.3, 0.4) is 0 Å². The van der Waals surface area contributed by atoms with Gasteiger partial charge in [0.2, 0.25) is 0 Å². The van der Waals surface area contributed by atoms with E-state index in [0.717, 1.165) is 11.8 Å². The van der Waals surface area contributed by atoms with Crippen LogP contribution in [0, 0.1) is 11.2 Å². The minimum absolute atomic E-state index is 0.246. The number of allylic oxidation sites excluding steroid dienone is 2. The van der Waals surface area contributed by atoms with Gasteiger partial charge in [0.25, 0.3) is 0 Å². The normalized spacial score (nSPS) is 11.5. The molecule has 2 N–H and O–H groups in total. The quantitative estimate of drug-likeness (QED) is 0.450. The van der Waals surface area contributed by atoms with Gasteiger partial charge >= 0.3 is 0 Å². The van der Waals surface area contributed by atoms with Crippen molar-refractivity contribution in [3.05, 3.63) is 54.5 Å². The van der Waals surface area contributed by atoms with E-state index < -0.39 is 0 Å². The maximum Gasteiger partial charge on any atom is 0.141 e. The summed E-state index contributed by atoms with van der Waals surface area (Å²) in [6.07, 6.45) is 10.1. The Morgan fingerprint density at radius 1 is 1.53 bits per heavy atom. The fraction of sp³-hybridized carbons (Fsp3) is 0.154. The molecule has 0 aliphatic heterocycles. The van der Waals surface area contributed by atoms with Crippen molar-refractivity contribution >= 4 is 11.9 Å². The van der Waals surface area contributed by atoms with Gasteiger partial charge in [-0.1, -0.05) is 5.16 Å². The highest BCUT2D eigenvalue weighted by Crippen LogP contribution is 1.99. The average molecular weight is 262 g/mol. The summed E-state index contributed by atoms with van der Waals surface area (Å²) in [5.41, 5.74) is 0.975. The maximum absolute atomic E-state index is 12.8. The first-order chi connectivity index (χ1) is 9.22. The van der Waals surface area contributed by atoms with Crippen molar-refractivity contribution in [3.8, 4) is 0 Å². The van der Waals surface area contributed by atoms with Crippen LogP contribution in [0.15, 0.2) is 48.2 Å². The van der Waals surface area contributed by atoms with E-state index in [1.807, 2.05) is 0 Å². The minimum atomic E-state index is -0.368. The number of nitrogens with zero attached hydrogens (tertiary/aromatic N) is 2. The lowest BCUT2D eigenvalue weighted by Crippen LogP contribution is -2.05. The highest BCUT2D eigenvalue weighted by Gasteiger charge is 1.93. The molecule has 5 nitrogen and oxygen atoms in total. The Morgan fingerprint density at radius 2 is 2.37 bits per heavy atom. The molecule has 0 aromatic carbocycles. The maximum atomic E-state index is 12.8. The number of oxime groups is 1. The molecule has 1 aromatic rings. The van der Waals surface area contributed by atoms with Crippen LogP contribution in [-0.2, 0) is 11.4 Å². The Labute approximate surface area is 111 Å². The number of aromatic nitrogens is 1. The number of hydrogen-bond donors (Lipinski definition) is 2. The lowest BCUT2D eigenvalue weighted by atomic mass is 10.3. The molecule has 0 radical (unpaired) electrons. The van der Waals surface area contributed by atoms with Crippen LogP contribution in [0.4, 0.5) is 4.39 Å². The van der Waals surface area contributed by atoms with Crippen molar-refractivity contribution < 1.29 is 9.23 Å². The van der Waals surface area contributed by atoms with Gasteiger partial charge < -0.3 is 15.6 Å². The molecule has 1 heterocycles. The average Bonchev–Trinajstić information content (AvgIpc) is 2.40. The highest BCUT2D eigenvalue weighted by atomic mass is 19.1. The van der Waals surface area contributed by atoms with Gasteiger partial charge in [-0.05, 0) is 30.8 Å². The monoisotopic (exact) mass is 262 g/mol. The Kier molecular flexibility index (Phi) is 6.57. The second-order valence-electron chi connectivity index (χ2n) is 3.45. The molecular weight excluding hydrogens is 247 g/mol. The first kappa shape index (κ1) is 14.6. The molecule has 1 aromatic heterocycles. The summed E-state index contributed by atoms with van der Waals surface area (Å²) < 4.78 is 12.8. The Bertz CT molecular complexity index is 497. The van der Waals surface area contributed by atoms with Gasteiger partial charge in [0.05, 0.1) is 11.9 Å². The van der Waals surface area contributed by atoms with E-state index >= 15 is 0 Å². The number of rotatable bonds is 7. The van der Waals surface area contributed by atoms with Crippen LogP contribution in [0.25, 0.3) is 0 Å². The zero-order valence-corrected chi connectivity index (χ0v) is 10.5. The van der Waals surface area contributed by atoms with Gasteiger partial charge in [-0.25, -0.2) is 4.39 Å². The predicted molar refractivity (Wildman–Crippen MR) is 72.3 cm³/mol. The van der Waals surface area contributed by atoms with Gasteiger partial charge in [0.15, 0.2) is 0 Å². The lowest BCUT2D eigenvalue weighted by molar-refractivity contribution is 0.270. The second kappa shape index (κ2) is 8.57. The summed E-state index contributed by atoms with van der Waals surface area (Å²) in [6.45, 7) is 2.17. The van der Waals surface area contributed by atoms with Crippen LogP contribution >= 0.6 is 0 Å². The van der Waals surface area contributed by atoms with Gasteiger partial charge in [0.1, 0.15) is 12.1 Å². The van der Waals surface area contributed by atoms with Gasteiger partial charge in [-0.2, -0.15) is 0 Å². The number of pyridine rings is 1. The van der Waals surface area contributed by atoms with Gasteiger partial charge in [-0.15, -0.1) is 0 Å². The molecule has 6 heteroatoms.